The summed E-state index contributed by atoms with van der Waals surface area (Å²) in [5.74, 6) is 1.62. The molecule has 0 radical (unpaired) electrons. The predicted molar refractivity (Wildman–Crippen MR) is 127 cm³/mol. The highest BCUT2D eigenvalue weighted by Gasteiger charge is 1.98. The Morgan fingerprint density at radius 2 is 1.33 bits per heavy atom. The van der Waals surface area contributed by atoms with E-state index in [1.807, 2.05) is 30.6 Å². The van der Waals surface area contributed by atoms with Crippen molar-refractivity contribution >= 4 is 0 Å². The van der Waals surface area contributed by atoms with Crippen molar-refractivity contribution < 1.29 is 4.74 Å². The van der Waals surface area contributed by atoms with Crippen LogP contribution in [0.4, 0.5) is 0 Å². The van der Waals surface area contributed by atoms with Gasteiger partial charge in [0.05, 0.1) is 12.4 Å². The van der Waals surface area contributed by atoms with Crippen LogP contribution in [-0.2, 0) is 6.42 Å². The number of benzene rings is 1. The fourth-order valence-corrected chi connectivity index (χ4v) is 3.62. The molecule has 2 aromatic rings. The molecule has 0 aliphatic carbocycles. The Hall–Kier alpha value is -1.90. The summed E-state index contributed by atoms with van der Waals surface area (Å²) in [5.41, 5.74) is 2.14. The molecule has 0 unspecified atom stereocenters. The Balaban J connectivity index is 1.64. The number of hydrogen-bond acceptors (Lipinski definition) is 3. The lowest BCUT2D eigenvalue weighted by Gasteiger charge is -2.13. The summed E-state index contributed by atoms with van der Waals surface area (Å²) in [4.78, 5) is 9.07. The second-order valence-electron chi connectivity index (χ2n) is 8.34. The highest BCUT2D eigenvalue weighted by atomic mass is 16.5. The maximum atomic E-state index is 5.86. The number of unbranched alkanes of at least 4 members (excludes halogenated alkanes) is 11. The van der Waals surface area contributed by atoms with Gasteiger partial charge in [-0.2, -0.15) is 0 Å². The van der Waals surface area contributed by atoms with E-state index in [-0.39, 0.29) is 0 Å². The molecule has 0 aliphatic heterocycles. The van der Waals surface area contributed by atoms with Gasteiger partial charge in [0.25, 0.3) is 0 Å². The van der Waals surface area contributed by atoms with E-state index in [0.717, 1.165) is 36.6 Å². The monoisotopic (exact) mass is 409 g/mol. The van der Waals surface area contributed by atoms with Crippen LogP contribution in [0.1, 0.15) is 103 Å². The third kappa shape index (κ3) is 10.2. The maximum Gasteiger partial charge on any atom is 0.0755 e. The normalized spacial score (nSPS) is 11.0. The summed E-state index contributed by atoms with van der Waals surface area (Å²) in [5, 5.41) is 0. The summed E-state index contributed by atoms with van der Waals surface area (Å²) in [6.07, 6.45) is 22.0. The molecule has 3 heteroatoms. The van der Waals surface area contributed by atoms with E-state index in [1.165, 1.54) is 82.6 Å². The Kier molecular flexibility index (Phi) is 12.9. The number of hydrogen-bond donors (Lipinski definition) is 0. The van der Waals surface area contributed by atoms with Gasteiger partial charge in [0, 0.05) is 18.1 Å². The third-order valence-electron chi connectivity index (χ3n) is 5.57. The zero-order chi connectivity index (χ0) is 21.3. The number of aryl methyl sites for hydroxylation is 1. The van der Waals surface area contributed by atoms with Crippen molar-refractivity contribution in [3.63, 3.8) is 0 Å². The molecule has 30 heavy (non-hydrogen) atoms. The SMILES string of the molecule is CCCCCCCCCCOc1c[c-]c(-c2ncc(CCCCCCC)cn2)cc1. The van der Waals surface area contributed by atoms with E-state index in [2.05, 4.69) is 29.9 Å². The zero-order valence-corrected chi connectivity index (χ0v) is 19.3. The molecule has 2 rings (SSSR count). The van der Waals surface area contributed by atoms with Gasteiger partial charge in [-0.3, -0.25) is 9.97 Å². The quantitative estimate of drug-likeness (QED) is 0.196. The molecule has 0 spiro atoms. The zero-order valence-electron chi connectivity index (χ0n) is 19.3. The summed E-state index contributed by atoms with van der Waals surface area (Å²) in [7, 11) is 0. The van der Waals surface area contributed by atoms with E-state index in [4.69, 9.17) is 4.74 Å². The van der Waals surface area contributed by atoms with Crippen LogP contribution in [0.3, 0.4) is 0 Å². The first kappa shape index (κ1) is 24.4. The molecular formula is C27H41N2O-. The van der Waals surface area contributed by atoms with Gasteiger partial charge >= 0.3 is 0 Å². The summed E-state index contributed by atoms with van der Waals surface area (Å²) in [6.45, 7) is 5.30. The van der Waals surface area contributed by atoms with Crippen molar-refractivity contribution in [3.8, 4) is 17.1 Å². The molecule has 0 saturated carbocycles. The van der Waals surface area contributed by atoms with Gasteiger partial charge < -0.3 is 4.74 Å². The van der Waals surface area contributed by atoms with Gasteiger partial charge in [0.2, 0.25) is 0 Å². The van der Waals surface area contributed by atoms with Crippen LogP contribution < -0.4 is 4.74 Å². The molecule has 0 saturated heterocycles. The van der Waals surface area contributed by atoms with E-state index in [1.54, 1.807) is 0 Å². The molecule has 1 heterocycles. The lowest BCUT2D eigenvalue weighted by atomic mass is 10.1. The van der Waals surface area contributed by atoms with Crippen LogP contribution in [0.15, 0.2) is 30.6 Å². The smallest absolute Gasteiger partial charge is 0.0755 e. The van der Waals surface area contributed by atoms with E-state index >= 15 is 0 Å². The first-order chi connectivity index (χ1) is 14.8. The third-order valence-corrected chi connectivity index (χ3v) is 5.57. The van der Waals surface area contributed by atoms with Crippen LogP contribution in [0.25, 0.3) is 11.4 Å². The second kappa shape index (κ2) is 15.9. The maximum absolute atomic E-state index is 5.86. The predicted octanol–water partition coefficient (Wildman–Crippen LogP) is 7.98. The summed E-state index contributed by atoms with van der Waals surface area (Å²) in [6, 6.07) is 9.18. The van der Waals surface area contributed by atoms with Crippen molar-refractivity contribution in [3.05, 3.63) is 42.2 Å². The molecule has 0 amide bonds. The summed E-state index contributed by atoms with van der Waals surface area (Å²) >= 11 is 0. The molecular weight excluding hydrogens is 368 g/mol. The highest BCUT2D eigenvalue weighted by Crippen LogP contribution is 2.19. The molecule has 0 atom stereocenters. The van der Waals surface area contributed by atoms with Crippen LogP contribution in [-0.4, -0.2) is 16.6 Å². The van der Waals surface area contributed by atoms with Gasteiger partial charge in [-0.05, 0) is 24.8 Å². The Morgan fingerprint density at radius 1 is 0.733 bits per heavy atom. The van der Waals surface area contributed by atoms with Crippen LogP contribution in [0.5, 0.6) is 5.75 Å². The Labute approximate surface area is 184 Å². The lowest BCUT2D eigenvalue weighted by molar-refractivity contribution is 0.304. The number of rotatable bonds is 17. The Morgan fingerprint density at radius 3 is 1.93 bits per heavy atom. The fraction of sp³-hybridized carbons (Fsp3) is 0.630. The van der Waals surface area contributed by atoms with Crippen LogP contribution in [0.2, 0.25) is 0 Å². The first-order valence-corrected chi connectivity index (χ1v) is 12.3. The minimum atomic E-state index is 0.736. The van der Waals surface area contributed by atoms with Gasteiger partial charge in [0.1, 0.15) is 0 Å². The van der Waals surface area contributed by atoms with Gasteiger partial charge in [0.15, 0.2) is 0 Å². The molecule has 0 N–H and O–H groups in total. The van der Waals surface area contributed by atoms with Gasteiger partial charge in [-0.15, -0.1) is 29.8 Å². The average Bonchev–Trinajstić information content (AvgIpc) is 2.79. The first-order valence-electron chi connectivity index (χ1n) is 12.3. The van der Waals surface area contributed by atoms with Gasteiger partial charge in [-0.25, -0.2) is 0 Å². The number of nitrogens with zero attached hydrogens (tertiary/aromatic N) is 2. The lowest BCUT2D eigenvalue weighted by Crippen LogP contribution is -1.98. The molecule has 166 valence electrons. The number of aromatic nitrogens is 2. The topological polar surface area (TPSA) is 35.0 Å². The Bertz CT molecular complexity index is 652. The van der Waals surface area contributed by atoms with E-state index in [9.17, 15) is 0 Å². The molecule has 0 bridgehead atoms. The standard InChI is InChI=1S/C27H41N2O/c1-3-5-7-9-10-11-13-15-21-30-26-19-17-25(18-20-26)27-28-22-24(23-29-27)16-14-12-8-6-4-2/h17,19-20,22-23H,3-16,21H2,1-2H3/q-1. The molecule has 1 aromatic heterocycles. The van der Waals surface area contributed by atoms with Gasteiger partial charge in [-0.1, -0.05) is 84.5 Å². The minimum Gasteiger partial charge on any atom is -0.537 e. The van der Waals surface area contributed by atoms with Crippen LogP contribution >= 0.6 is 0 Å². The fourth-order valence-electron chi connectivity index (χ4n) is 3.62. The highest BCUT2D eigenvalue weighted by molar-refractivity contribution is 5.55. The van der Waals surface area contributed by atoms with E-state index < -0.39 is 0 Å². The molecule has 0 fully saturated rings. The molecule has 3 nitrogen and oxygen atoms in total. The second-order valence-corrected chi connectivity index (χ2v) is 8.34. The average molecular weight is 410 g/mol. The summed E-state index contributed by atoms with van der Waals surface area (Å²) < 4.78 is 5.86. The van der Waals surface area contributed by atoms with Crippen LogP contribution in [0, 0.1) is 6.07 Å². The minimum absolute atomic E-state index is 0.736. The largest absolute Gasteiger partial charge is 0.537 e. The van der Waals surface area contributed by atoms with Crippen molar-refractivity contribution in [2.24, 2.45) is 0 Å². The molecule has 0 aliphatic rings. The van der Waals surface area contributed by atoms with Crippen molar-refractivity contribution in [1.29, 1.82) is 0 Å². The van der Waals surface area contributed by atoms with E-state index in [0.29, 0.717) is 0 Å². The number of ether oxygens (including phenoxy) is 1. The van der Waals surface area contributed by atoms with Crippen molar-refractivity contribution in [2.75, 3.05) is 6.61 Å². The van der Waals surface area contributed by atoms with Crippen molar-refractivity contribution in [2.45, 2.75) is 104 Å². The molecule has 1 aromatic carbocycles. The van der Waals surface area contributed by atoms with Crippen molar-refractivity contribution in [1.82, 2.24) is 9.97 Å².